The number of likely N-dealkylation sites (N-methyl/N-ethyl adjacent to an activating group) is 1. The number of H-pyrrole nitrogens is 1. The standard InChI is InChI=1S/C18H19ClN4O2/c1-11-9-15(25-21-11)16-17(23-7-5-22(2)6-8-23)13-10-12(19)3-4-14(13)20-18(16)24/h3-4,9-10H,5-8H2,1-2H3,(H,20,24). The van der Waals surface area contributed by atoms with Crippen molar-refractivity contribution in [2.24, 2.45) is 0 Å². The zero-order chi connectivity index (χ0) is 17.6. The maximum absolute atomic E-state index is 12.8. The Morgan fingerprint density at radius 2 is 1.96 bits per heavy atom. The fourth-order valence-electron chi connectivity index (χ4n) is 3.32. The van der Waals surface area contributed by atoms with Gasteiger partial charge in [0, 0.05) is 42.7 Å². The number of nitrogens with zero attached hydrogens (tertiary/aromatic N) is 3. The number of benzene rings is 1. The van der Waals surface area contributed by atoms with Crippen molar-refractivity contribution >= 4 is 28.2 Å². The summed E-state index contributed by atoms with van der Waals surface area (Å²) < 4.78 is 5.42. The first-order valence-corrected chi connectivity index (χ1v) is 8.63. The van der Waals surface area contributed by atoms with Crippen LogP contribution in [-0.2, 0) is 0 Å². The van der Waals surface area contributed by atoms with Crippen LogP contribution in [0.25, 0.3) is 22.2 Å². The van der Waals surface area contributed by atoms with Crippen LogP contribution in [0.15, 0.2) is 33.6 Å². The lowest BCUT2D eigenvalue weighted by molar-refractivity contribution is 0.313. The van der Waals surface area contributed by atoms with Gasteiger partial charge in [0.2, 0.25) is 0 Å². The van der Waals surface area contributed by atoms with Gasteiger partial charge in [-0.25, -0.2) is 0 Å². The number of aromatic amines is 1. The van der Waals surface area contributed by atoms with Crippen LogP contribution in [0.2, 0.25) is 5.02 Å². The first-order chi connectivity index (χ1) is 12.0. The Hall–Kier alpha value is -2.31. The molecule has 130 valence electrons. The number of hydrogen-bond donors (Lipinski definition) is 1. The Kier molecular flexibility index (Phi) is 4.01. The summed E-state index contributed by atoms with van der Waals surface area (Å²) in [7, 11) is 2.10. The summed E-state index contributed by atoms with van der Waals surface area (Å²) in [6.07, 6.45) is 0. The van der Waals surface area contributed by atoms with Gasteiger partial charge in [-0.15, -0.1) is 0 Å². The van der Waals surface area contributed by atoms with E-state index in [1.165, 1.54) is 0 Å². The van der Waals surface area contributed by atoms with Crippen LogP contribution in [0, 0.1) is 6.92 Å². The SMILES string of the molecule is Cc1cc(-c2c(N3CCN(C)CC3)c3cc(Cl)ccc3[nH]c2=O)on1. The van der Waals surface area contributed by atoms with E-state index in [2.05, 4.69) is 27.0 Å². The molecule has 2 aromatic heterocycles. The number of aromatic nitrogens is 2. The summed E-state index contributed by atoms with van der Waals surface area (Å²) in [5.41, 5.74) is 2.71. The van der Waals surface area contributed by atoms with Crippen molar-refractivity contribution in [3.63, 3.8) is 0 Å². The van der Waals surface area contributed by atoms with Crippen molar-refractivity contribution in [1.29, 1.82) is 0 Å². The van der Waals surface area contributed by atoms with Gasteiger partial charge in [-0.1, -0.05) is 16.8 Å². The Morgan fingerprint density at radius 3 is 2.64 bits per heavy atom. The number of nitrogens with one attached hydrogen (secondary N) is 1. The molecule has 0 bridgehead atoms. The van der Waals surface area contributed by atoms with Gasteiger partial charge in [0.25, 0.3) is 5.56 Å². The van der Waals surface area contributed by atoms with E-state index in [1.54, 1.807) is 12.1 Å². The lowest BCUT2D eigenvalue weighted by Gasteiger charge is -2.35. The first-order valence-electron chi connectivity index (χ1n) is 8.25. The summed E-state index contributed by atoms with van der Waals surface area (Å²) in [4.78, 5) is 20.3. The van der Waals surface area contributed by atoms with Crippen LogP contribution in [0.4, 0.5) is 5.69 Å². The number of piperazine rings is 1. The molecule has 0 unspecified atom stereocenters. The number of anilines is 1. The third kappa shape index (κ3) is 2.92. The lowest BCUT2D eigenvalue weighted by atomic mass is 10.0. The van der Waals surface area contributed by atoms with E-state index >= 15 is 0 Å². The first kappa shape index (κ1) is 16.2. The van der Waals surface area contributed by atoms with Crippen molar-refractivity contribution in [2.45, 2.75) is 6.92 Å². The van der Waals surface area contributed by atoms with Gasteiger partial charge < -0.3 is 19.3 Å². The number of aryl methyl sites for hydroxylation is 1. The molecule has 3 heterocycles. The molecule has 0 saturated carbocycles. The highest BCUT2D eigenvalue weighted by molar-refractivity contribution is 6.31. The maximum Gasteiger partial charge on any atom is 0.261 e. The highest BCUT2D eigenvalue weighted by atomic mass is 35.5. The van der Waals surface area contributed by atoms with Crippen LogP contribution in [0.1, 0.15) is 5.69 Å². The summed E-state index contributed by atoms with van der Waals surface area (Å²) in [5.74, 6) is 0.481. The molecule has 1 aliphatic heterocycles. The van der Waals surface area contributed by atoms with E-state index in [9.17, 15) is 4.79 Å². The van der Waals surface area contributed by atoms with Crippen molar-refractivity contribution in [1.82, 2.24) is 15.0 Å². The van der Waals surface area contributed by atoms with Gasteiger partial charge in [0.1, 0.15) is 5.56 Å². The van der Waals surface area contributed by atoms with E-state index in [1.807, 2.05) is 19.1 Å². The van der Waals surface area contributed by atoms with Crippen LogP contribution >= 0.6 is 11.6 Å². The molecule has 25 heavy (non-hydrogen) atoms. The van der Waals surface area contributed by atoms with Gasteiger partial charge in [0.15, 0.2) is 5.76 Å². The second-order valence-electron chi connectivity index (χ2n) is 6.49. The monoisotopic (exact) mass is 358 g/mol. The predicted octanol–water partition coefficient (Wildman–Crippen LogP) is 2.90. The quantitative estimate of drug-likeness (QED) is 0.763. The van der Waals surface area contributed by atoms with E-state index < -0.39 is 0 Å². The van der Waals surface area contributed by atoms with Crippen molar-refractivity contribution in [3.8, 4) is 11.3 Å². The Balaban J connectivity index is 2.00. The number of rotatable bonds is 2. The van der Waals surface area contributed by atoms with Gasteiger partial charge >= 0.3 is 0 Å². The zero-order valence-corrected chi connectivity index (χ0v) is 14.9. The third-order valence-corrected chi connectivity index (χ3v) is 4.88. The van der Waals surface area contributed by atoms with Crippen molar-refractivity contribution < 1.29 is 4.52 Å². The average Bonchev–Trinajstić information content (AvgIpc) is 3.01. The molecule has 0 spiro atoms. The number of hydrogen-bond acceptors (Lipinski definition) is 5. The van der Waals surface area contributed by atoms with Gasteiger partial charge in [-0.2, -0.15) is 0 Å². The fraction of sp³-hybridized carbons (Fsp3) is 0.333. The van der Waals surface area contributed by atoms with E-state index in [0.29, 0.717) is 16.3 Å². The Bertz CT molecular complexity index is 986. The predicted molar refractivity (Wildman–Crippen MR) is 99.5 cm³/mol. The summed E-state index contributed by atoms with van der Waals surface area (Å²) >= 11 is 6.24. The minimum Gasteiger partial charge on any atom is -0.368 e. The van der Waals surface area contributed by atoms with Gasteiger partial charge in [-0.3, -0.25) is 4.79 Å². The van der Waals surface area contributed by atoms with Crippen LogP contribution in [-0.4, -0.2) is 48.3 Å². The largest absolute Gasteiger partial charge is 0.368 e. The van der Waals surface area contributed by atoms with Crippen molar-refractivity contribution in [3.05, 3.63) is 45.3 Å². The molecule has 1 saturated heterocycles. The molecule has 1 aromatic carbocycles. The summed E-state index contributed by atoms with van der Waals surface area (Å²) in [6, 6.07) is 7.31. The van der Waals surface area contributed by atoms with Crippen LogP contribution in [0.5, 0.6) is 0 Å². The fourth-order valence-corrected chi connectivity index (χ4v) is 3.49. The minimum atomic E-state index is -0.181. The molecule has 0 amide bonds. The number of fused-ring (bicyclic) bond motifs is 1. The second kappa shape index (κ2) is 6.20. The van der Waals surface area contributed by atoms with Gasteiger partial charge in [-0.05, 0) is 32.2 Å². The molecule has 0 aliphatic carbocycles. The number of halogens is 1. The lowest BCUT2D eigenvalue weighted by Crippen LogP contribution is -2.45. The molecule has 0 radical (unpaired) electrons. The van der Waals surface area contributed by atoms with Gasteiger partial charge in [0.05, 0.1) is 16.9 Å². The molecular formula is C18H19ClN4O2. The number of pyridine rings is 1. The normalized spacial score (nSPS) is 15.9. The molecule has 3 aromatic rings. The zero-order valence-electron chi connectivity index (χ0n) is 14.2. The average molecular weight is 359 g/mol. The van der Waals surface area contributed by atoms with E-state index in [0.717, 1.165) is 48.5 Å². The van der Waals surface area contributed by atoms with E-state index in [4.69, 9.17) is 16.1 Å². The Labute approximate surface area is 150 Å². The smallest absolute Gasteiger partial charge is 0.261 e. The third-order valence-electron chi connectivity index (χ3n) is 4.64. The molecule has 1 fully saturated rings. The van der Waals surface area contributed by atoms with Crippen LogP contribution < -0.4 is 10.5 Å². The highest BCUT2D eigenvalue weighted by Gasteiger charge is 2.25. The van der Waals surface area contributed by atoms with E-state index in [-0.39, 0.29) is 5.56 Å². The Morgan fingerprint density at radius 1 is 1.20 bits per heavy atom. The minimum absolute atomic E-state index is 0.181. The maximum atomic E-state index is 12.8. The topological polar surface area (TPSA) is 65.4 Å². The molecule has 0 atom stereocenters. The molecule has 1 N–H and O–H groups in total. The molecule has 1 aliphatic rings. The summed E-state index contributed by atoms with van der Waals surface area (Å²) in [5, 5.41) is 5.50. The second-order valence-corrected chi connectivity index (χ2v) is 6.93. The summed E-state index contributed by atoms with van der Waals surface area (Å²) in [6.45, 7) is 5.38. The highest BCUT2D eigenvalue weighted by Crippen LogP contribution is 2.36. The molecular weight excluding hydrogens is 340 g/mol. The van der Waals surface area contributed by atoms with Crippen molar-refractivity contribution in [2.75, 3.05) is 38.1 Å². The molecule has 6 nitrogen and oxygen atoms in total. The molecule has 7 heteroatoms. The van der Waals surface area contributed by atoms with Crippen LogP contribution in [0.3, 0.4) is 0 Å². The molecule has 4 rings (SSSR count).